The Bertz CT molecular complexity index is 614. The van der Waals surface area contributed by atoms with Gasteiger partial charge in [0.25, 0.3) is 0 Å². The number of esters is 1. The van der Waals surface area contributed by atoms with Crippen molar-refractivity contribution in [3.63, 3.8) is 0 Å². The van der Waals surface area contributed by atoms with Crippen molar-refractivity contribution in [3.05, 3.63) is 0 Å². The van der Waals surface area contributed by atoms with Crippen LogP contribution in [0.25, 0.3) is 0 Å². The minimum Gasteiger partial charge on any atom is -0.481 e. The summed E-state index contributed by atoms with van der Waals surface area (Å²) in [4.78, 5) is 24.1. The molecule has 0 spiro atoms. The van der Waals surface area contributed by atoms with E-state index in [1.165, 1.54) is 19.3 Å². The van der Waals surface area contributed by atoms with E-state index in [0.717, 1.165) is 57.8 Å². The van der Waals surface area contributed by atoms with Crippen LogP contribution in [0, 0.1) is 0 Å². The van der Waals surface area contributed by atoms with Gasteiger partial charge in [-0.3, -0.25) is 9.59 Å². The van der Waals surface area contributed by atoms with Gasteiger partial charge < -0.3 is 34.6 Å². The first kappa shape index (κ1) is 33.8. The van der Waals surface area contributed by atoms with E-state index in [4.69, 9.17) is 14.2 Å². The van der Waals surface area contributed by atoms with Gasteiger partial charge in [0.1, 0.15) is 24.4 Å². The Morgan fingerprint density at radius 3 is 1.78 bits per heavy atom. The molecule has 0 radical (unpaired) electrons. The molecule has 1 aliphatic rings. The van der Waals surface area contributed by atoms with Crippen LogP contribution < -0.4 is 0 Å². The Hall–Kier alpha value is -1.26. The lowest BCUT2D eigenvalue weighted by Crippen LogP contribution is -2.58. The summed E-state index contributed by atoms with van der Waals surface area (Å²) < 4.78 is 17.0. The molecule has 4 N–H and O–H groups in total. The molecule has 0 aromatic heterocycles. The number of aliphatic hydroxyl groups is 3. The molecule has 1 aliphatic heterocycles. The monoisotopic (exact) mass is 532 g/mol. The first-order valence-corrected chi connectivity index (χ1v) is 14.5. The maximum Gasteiger partial charge on any atom is 0.308 e. The zero-order valence-corrected chi connectivity index (χ0v) is 23.2. The molecule has 0 aromatic carbocycles. The third kappa shape index (κ3) is 14.5. The molecule has 7 atom stereocenters. The number of aliphatic carboxylic acids is 1. The van der Waals surface area contributed by atoms with E-state index >= 15 is 0 Å². The smallest absolute Gasteiger partial charge is 0.308 e. The first-order valence-electron chi connectivity index (χ1n) is 14.5. The number of unbranched alkanes of at least 4 members (excludes halogenated alkanes) is 10. The summed E-state index contributed by atoms with van der Waals surface area (Å²) in [5.74, 6) is -1.56. The molecule has 0 unspecified atom stereocenters. The second-order valence-corrected chi connectivity index (χ2v) is 10.5. The van der Waals surface area contributed by atoms with Crippen LogP contribution in [-0.4, -0.2) is 75.3 Å². The highest BCUT2D eigenvalue weighted by molar-refractivity contribution is 5.72. The van der Waals surface area contributed by atoms with E-state index < -0.39 is 54.9 Å². The lowest BCUT2D eigenvalue weighted by Gasteiger charge is -2.40. The lowest BCUT2D eigenvalue weighted by molar-refractivity contribution is -0.304. The maximum atomic E-state index is 12.8. The summed E-state index contributed by atoms with van der Waals surface area (Å²) in [5, 5.41) is 39.7. The van der Waals surface area contributed by atoms with E-state index in [1.807, 2.05) is 0 Å². The van der Waals surface area contributed by atoms with Gasteiger partial charge in [-0.2, -0.15) is 0 Å². The predicted octanol–water partition coefficient (Wildman–Crippen LogP) is 4.48. The summed E-state index contributed by atoms with van der Waals surface area (Å²) in [6.45, 7) is 5.88. The van der Waals surface area contributed by atoms with E-state index in [-0.39, 0.29) is 12.8 Å². The topological polar surface area (TPSA) is 143 Å². The van der Waals surface area contributed by atoms with Gasteiger partial charge in [-0.1, -0.05) is 84.5 Å². The summed E-state index contributed by atoms with van der Waals surface area (Å²) >= 11 is 0. The molecule has 1 heterocycles. The molecular weight excluding hydrogens is 480 g/mol. The maximum absolute atomic E-state index is 12.8. The van der Waals surface area contributed by atoms with Crippen molar-refractivity contribution in [2.24, 2.45) is 0 Å². The molecule has 0 amide bonds. The number of ether oxygens (including phenoxy) is 3. The largest absolute Gasteiger partial charge is 0.481 e. The van der Waals surface area contributed by atoms with Crippen molar-refractivity contribution in [2.45, 2.75) is 166 Å². The van der Waals surface area contributed by atoms with Crippen LogP contribution in [-0.2, 0) is 23.8 Å². The molecule has 0 saturated carbocycles. The van der Waals surface area contributed by atoms with E-state index in [1.54, 1.807) is 6.92 Å². The summed E-state index contributed by atoms with van der Waals surface area (Å²) in [6.07, 6.45) is 6.00. The molecule has 1 saturated heterocycles. The minimum atomic E-state index is -1.46. The highest BCUT2D eigenvalue weighted by Gasteiger charge is 2.43. The number of carboxylic acids is 1. The van der Waals surface area contributed by atoms with Crippen LogP contribution in [0.1, 0.15) is 124 Å². The van der Waals surface area contributed by atoms with Crippen molar-refractivity contribution >= 4 is 11.9 Å². The van der Waals surface area contributed by atoms with Gasteiger partial charge in [0.2, 0.25) is 0 Å². The fourth-order valence-corrected chi connectivity index (χ4v) is 4.66. The molecular formula is C28H52O9. The van der Waals surface area contributed by atoms with E-state index in [0.29, 0.717) is 12.8 Å². The minimum absolute atomic E-state index is 0.111. The fraction of sp³-hybridized carbons (Fsp3) is 0.929. The van der Waals surface area contributed by atoms with Gasteiger partial charge in [0, 0.05) is 0 Å². The normalized spacial score (nSPS) is 25.5. The first-order chi connectivity index (χ1) is 17.7. The molecule has 37 heavy (non-hydrogen) atoms. The Morgan fingerprint density at radius 1 is 0.730 bits per heavy atom. The molecule has 0 aromatic rings. The van der Waals surface area contributed by atoms with Gasteiger partial charge >= 0.3 is 11.9 Å². The van der Waals surface area contributed by atoms with E-state index in [9.17, 15) is 30.0 Å². The summed E-state index contributed by atoms with van der Waals surface area (Å²) in [6, 6.07) is 0. The van der Waals surface area contributed by atoms with Crippen LogP contribution in [0.4, 0.5) is 0 Å². The van der Waals surface area contributed by atoms with Crippen molar-refractivity contribution in [3.8, 4) is 0 Å². The SMILES string of the molecule is CCCCCCCCC[C@@H](CC(=O)O)OC(=O)C[C@H](CCCCCCC)O[C@@H]1O[C@@H](C)[C@H](O)[C@@H](O)[C@H]1O. The number of carbonyl (C=O) groups is 2. The van der Waals surface area contributed by atoms with Gasteiger partial charge in [0.05, 0.1) is 25.0 Å². The van der Waals surface area contributed by atoms with Crippen LogP contribution >= 0.6 is 0 Å². The van der Waals surface area contributed by atoms with Crippen molar-refractivity contribution in [2.75, 3.05) is 0 Å². The third-order valence-electron chi connectivity index (χ3n) is 6.99. The zero-order chi connectivity index (χ0) is 27.6. The average Bonchev–Trinajstić information content (AvgIpc) is 2.84. The number of aliphatic hydroxyl groups excluding tert-OH is 3. The number of hydrogen-bond donors (Lipinski definition) is 4. The standard InChI is InChI=1S/C28H52O9/c1-4-6-8-10-11-13-15-16-21(18-23(29)30)36-24(31)19-22(17-14-12-9-7-5-2)37-28-27(34)26(33)25(32)20(3)35-28/h20-22,25-28,32-34H,4-19H2,1-3H3,(H,29,30)/t20-,21-,22-,25-,26+,27+,28-/m0/s1. The van der Waals surface area contributed by atoms with Gasteiger partial charge in [-0.05, 0) is 26.2 Å². The summed E-state index contributed by atoms with van der Waals surface area (Å²) in [5.41, 5.74) is 0. The van der Waals surface area contributed by atoms with Crippen LogP contribution in [0.15, 0.2) is 0 Å². The van der Waals surface area contributed by atoms with Gasteiger partial charge in [-0.15, -0.1) is 0 Å². The Kier molecular flexibility index (Phi) is 18.0. The van der Waals surface area contributed by atoms with Gasteiger partial charge in [0.15, 0.2) is 6.29 Å². The van der Waals surface area contributed by atoms with Crippen molar-refractivity contribution < 1.29 is 44.2 Å². The fourth-order valence-electron chi connectivity index (χ4n) is 4.66. The second-order valence-electron chi connectivity index (χ2n) is 10.5. The van der Waals surface area contributed by atoms with Crippen LogP contribution in [0.3, 0.4) is 0 Å². The number of rotatable bonds is 21. The number of carboxylic acid groups (broad SMARTS) is 1. The highest BCUT2D eigenvalue weighted by atomic mass is 16.7. The Balaban J connectivity index is 2.67. The lowest BCUT2D eigenvalue weighted by atomic mass is 9.99. The Labute approximate surface area is 222 Å². The molecule has 0 bridgehead atoms. The average molecular weight is 533 g/mol. The van der Waals surface area contributed by atoms with Crippen LogP contribution in [0.2, 0.25) is 0 Å². The second kappa shape index (κ2) is 19.8. The Morgan fingerprint density at radius 2 is 1.24 bits per heavy atom. The summed E-state index contributed by atoms with van der Waals surface area (Å²) in [7, 11) is 0. The zero-order valence-electron chi connectivity index (χ0n) is 23.2. The molecule has 1 rings (SSSR count). The van der Waals surface area contributed by atoms with Crippen molar-refractivity contribution in [1.82, 2.24) is 0 Å². The number of hydrogen-bond acceptors (Lipinski definition) is 8. The van der Waals surface area contributed by atoms with Gasteiger partial charge in [-0.25, -0.2) is 0 Å². The van der Waals surface area contributed by atoms with Crippen LogP contribution in [0.5, 0.6) is 0 Å². The highest BCUT2D eigenvalue weighted by Crippen LogP contribution is 2.25. The third-order valence-corrected chi connectivity index (χ3v) is 6.99. The predicted molar refractivity (Wildman–Crippen MR) is 140 cm³/mol. The number of carbonyl (C=O) groups excluding carboxylic acids is 1. The molecule has 9 nitrogen and oxygen atoms in total. The molecule has 9 heteroatoms. The molecule has 0 aliphatic carbocycles. The van der Waals surface area contributed by atoms with E-state index in [2.05, 4.69) is 13.8 Å². The molecule has 218 valence electrons. The quantitative estimate of drug-likeness (QED) is 0.124. The van der Waals surface area contributed by atoms with Crippen molar-refractivity contribution in [1.29, 1.82) is 0 Å². The molecule has 1 fully saturated rings.